The van der Waals surface area contributed by atoms with E-state index in [9.17, 15) is 9.59 Å². The van der Waals surface area contributed by atoms with Gasteiger partial charge in [0.05, 0.1) is 28.9 Å². The van der Waals surface area contributed by atoms with E-state index in [4.69, 9.17) is 25.4 Å². The molecule has 1 unspecified atom stereocenters. The number of allylic oxidation sites excluding steroid dienone is 5. The normalized spacial score (nSPS) is 10.7. The zero-order chi connectivity index (χ0) is 86.5. The predicted octanol–water partition coefficient (Wildman–Crippen LogP) is 26.4. The molecule has 0 aliphatic heterocycles. The quantitative estimate of drug-likeness (QED) is 0.0541. The van der Waals surface area contributed by atoms with Gasteiger partial charge in [0.1, 0.15) is 0 Å². The number of carbonyl (C=O) groups excluding carboxylic acids is 2. The van der Waals surface area contributed by atoms with Gasteiger partial charge in [-0.25, -0.2) is 11.3 Å². The summed E-state index contributed by atoms with van der Waals surface area (Å²) in [5.41, 5.74) is 16.0. The molecule has 18 rings (SSSR count). The van der Waals surface area contributed by atoms with Gasteiger partial charge in [-0.3, -0.25) is 19.6 Å². The summed E-state index contributed by atoms with van der Waals surface area (Å²) in [6.45, 7) is 17.5. The van der Waals surface area contributed by atoms with Crippen molar-refractivity contribution in [3.05, 3.63) is 416 Å². The summed E-state index contributed by atoms with van der Waals surface area (Å²) in [4.78, 5) is 52.1. The zero-order valence-electron chi connectivity index (χ0n) is 71.6. The molecule has 0 spiro atoms. The molecule has 18 aromatic rings. The minimum Gasteiger partial charge on any atom is -0.513 e. The number of carbonyl (C=O) groups is 2. The molecule has 0 aliphatic rings. The maximum Gasteiger partial charge on any atom is 0.155 e. The summed E-state index contributed by atoms with van der Waals surface area (Å²) in [6.07, 6.45) is 16.9. The van der Waals surface area contributed by atoms with Crippen LogP contribution in [-0.2, 0) is 117 Å². The Morgan fingerprint density at radius 3 is 1.40 bits per heavy atom. The van der Waals surface area contributed by atoms with Crippen LogP contribution in [0.5, 0.6) is 0 Å². The van der Waals surface area contributed by atoms with E-state index in [1.165, 1.54) is 112 Å². The van der Waals surface area contributed by atoms with Gasteiger partial charge in [0.15, 0.2) is 11.6 Å². The Balaban J connectivity index is 0.000000258. The van der Waals surface area contributed by atoms with Crippen LogP contribution in [0, 0.1) is 56.2 Å². The van der Waals surface area contributed by atoms with E-state index in [2.05, 4.69) is 227 Å². The number of pyridine rings is 7. The molecule has 0 bridgehead atoms. The molecule has 1 atom stereocenters. The molecule has 127 heavy (non-hydrogen) atoms. The van der Waals surface area contributed by atoms with Gasteiger partial charge in [-0.15, -0.1) is 147 Å². The third-order valence-corrected chi connectivity index (χ3v) is 18.8. The molecule has 0 saturated carbocycles. The van der Waals surface area contributed by atoms with E-state index in [1.54, 1.807) is 36.9 Å². The minimum absolute atomic E-state index is 0. The monoisotopic (exact) mass is 2580 g/mol. The Morgan fingerprint density at radius 1 is 0.402 bits per heavy atom. The first kappa shape index (κ1) is 106. The largest absolute Gasteiger partial charge is 0.513 e. The Labute approximate surface area is 816 Å². The molecule has 8 heterocycles. The van der Waals surface area contributed by atoms with Gasteiger partial charge < -0.3 is 45.3 Å². The van der Waals surface area contributed by atoms with Gasteiger partial charge >= 0.3 is 0 Å². The molecular weight excluding hydrogens is 2480 g/mol. The van der Waals surface area contributed by atoms with Crippen LogP contribution in [0.2, 0.25) is 0 Å². The second kappa shape index (κ2) is 56.0. The standard InChI is InChI=1S/C21H22N.C19H12N.C15H10N.C14H9N2.C13H8NS.C11H8N.C5H10O2.2C5H8O2.5Ir/c1-14(2)10-17-6-5-7-21-19(17)8-9-20(22-21)18-12-15(3)11-16(4)13-18;1-2-8-16-13-20-19(12-15(16)7-1)18-11-5-9-14-6-3-4-10-17(14)18;1-2-7-13(8-3-1)15-14-9-5-4-6-12(14)10-11-16-15;1-2-4-13-11(3-1)7-10-16-14(13)12-5-8-15-9-6-12;1-2-5-11-10(4-1)7-8-14-13(11)12-6-3-9-15-12;1-2-6-10(7-3-1)11-8-4-5-9-12-11;3*1-4(6)3-5(2)7;;;;;/h5-9,11-12,14H,10H2,1-4H3;1-10,12-13H;1-7,9-11H;1-5,7-10H;1-5,7-9H;1-6,8-9H;3-4,6-7H,1-2H3;2*3,6H,1-2H3;;;;;/q6*-1;;;;;;;;. The van der Waals surface area contributed by atoms with Crippen molar-refractivity contribution < 1.29 is 131 Å². The molecule has 13 nitrogen and oxygen atoms in total. The van der Waals surface area contributed by atoms with E-state index in [1.807, 2.05) is 176 Å². The fourth-order valence-corrected chi connectivity index (χ4v) is 13.7. The van der Waals surface area contributed by atoms with Crippen molar-refractivity contribution in [2.45, 2.75) is 81.8 Å². The van der Waals surface area contributed by atoms with Crippen LogP contribution in [0.25, 0.3) is 132 Å². The molecule has 4 N–H and O–H groups in total. The molecule has 5 radical (unpaired) electrons. The average Bonchev–Trinajstić information content (AvgIpc) is 1.16. The Hall–Kier alpha value is -11.3. The van der Waals surface area contributed by atoms with Crippen molar-refractivity contribution in [1.82, 2.24) is 34.9 Å². The first-order valence-corrected chi connectivity index (χ1v) is 40.6. The smallest absolute Gasteiger partial charge is 0.155 e. The van der Waals surface area contributed by atoms with Crippen molar-refractivity contribution in [2.24, 2.45) is 5.92 Å². The number of thiophene rings is 1. The number of nitrogens with zero attached hydrogens (tertiary/aromatic N) is 7. The summed E-state index contributed by atoms with van der Waals surface area (Å²) in [7, 11) is 0. The first-order valence-electron chi connectivity index (χ1n) is 39.7. The SMILES string of the molecule is CC(=O)C=C(C)O.CC(=O)C=C(C)O.CC(O)=CC(C)O.Cc1[c-]c(-c2ccc3c(CC(C)C)cccc3n2)cc(C)c1.[Ir].[Ir].[Ir].[Ir].[Ir].[c-]1ccc2ccccc2c1-c1cc2ccccc2cn1.[c-]1ccccc1-c1ccccn1.[c-]1ccccc1-c1nccc2ccccc12.[c-]1ccsc1-c1nccc2ccccc12.[c-]1cnccc1-c1nccc2ccccc12. The summed E-state index contributed by atoms with van der Waals surface area (Å²) < 4.78 is 0. The molecule has 0 saturated heterocycles. The van der Waals surface area contributed by atoms with E-state index in [-0.39, 0.29) is 129 Å². The van der Waals surface area contributed by atoms with Gasteiger partial charge in [0, 0.05) is 149 Å². The summed E-state index contributed by atoms with van der Waals surface area (Å²) in [5.74, 6) is 0.688. The van der Waals surface area contributed by atoms with Gasteiger partial charge in [-0.1, -0.05) is 202 Å². The number of fused-ring (bicyclic) bond motifs is 6. The number of rotatable bonds is 11. The fourth-order valence-electron chi connectivity index (χ4n) is 13.0. The minimum atomic E-state index is -0.537. The molecular formula is C108H95Ir5N7O6S-6. The predicted molar refractivity (Wildman–Crippen MR) is 502 cm³/mol. The van der Waals surface area contributed by atoms with Gasteiger partial charge in [-0.05, 0) is 185 Å². The first-order chi connectivity index (χ1) is 59.1. The average molecular weight is 2580 g/mol. The molecule has 8 aromatic heterocycles. The topological polar surface area (TPSA) is 205 Å². The van der Waals surface area contributed by atoms with Gasteiger partial charge in [0.25, 0.3) is 0 Å². The van der Waals surface area contributed by atoms with E-state index in [0.717, 1.165) is 95.1 Å². The molecule has 0 aliphatic carbocycles. The summed E-state index contributed by atoms with van der Waals surface area (Å²) in [5, 5.41) is 48.9. The fraction of sp³-hybridized carbons (Fsp3) is 0.120. The van der Waals surface area contributed by atoms with Crippen molar-refractivity contribution in [1.29, 1.82) is 0 Å². The molecule has 10 aromatic carbocycles. The summed E-state index contributed by atoms with van der Waals surface area (Å²) >= 11 is 1.67. The third kappa shape index (κ3) is 34.1. The molecule has 19 heteroatoms. The number of hydrogen-bond acceptors (Lipinski definition) is 14. The van der Waals surface area contributed by atoms with Crippen LogP contribution in [0.1, 0.15) is 72.1 Å². The van der Waals surface area contributed by atoms with E-state index < -0.39 is 6.10 Å². The van der Waals surface area contributed by atoms with Crippen LogP contribution in [0.4, 0.5) is 0 Å². The van der Waals surface area contributed by atoms with Crippen LogP contribution < -0.4 is 0 Å². The van der Waals surface area contributed by atoms with Crippen LogP contribution >= 0.6 is 11.3 Å². The summed E-state index contributed by atoms with van der Waals surface area (Å²) in [6, 6.07) is 114. The zero-order valence-corrected chi connectivity index (χ0v) is 84.4. The van der Waals surface area contributed by atoms with Crippen molar-refractivity contribution in [3.8, 4) is 66.9 Å². The second-order valence-corrected chi connectivity index (χ2v) is 29.6. The van der Waals surface area contributed by atoms with E-state index in [0.29, 0.717) is 5.92 Å². The number of aromatic nitrogens is 7. The number of hydrogen-bond donors (Lipinski definition) is 4. The van der Waals surface area contributed by atoms with Crippen LogP contribution in [0.3, 0.4) is 0 Å². The number of benzene rings is 10. The van der Waals surface area contributed by atoms with Crippen molar-refractivity contribution >= 4 is 87.7 Å². The number of aliphatic hydroxyl groups excluding tert-OH is 4. The number of ketones is 2. The second-order valence-electron chi connectivity index (χ2n) is 28.7. The Morgan fingerprint density at radius 2 is 0.921 bits per heavy atom. The van der Waals surface area contributed by atoms with Gasteiger partial charge in [-0.2, -0.15) is 23.8 Å². The maximum absolute atomic E-state index is 10.0. The Bertz CT molecular complexity index is 6280. The molecule has 0 amide bonds. The third-order valence-electron chi connectivity index (χ3n) is 18.0. The number of aliphatic hydroxyl groups is 4. The van der Waals surface area contributed by atoms with Crippen LogP contribution in [-0.4, -0.2) is 73.0 Å². The maximum atomic E-state index is 10.0. The number of aryl methyl sites for hydroxylation is 2. The van der Waals surface area contributed by atoms with E-state index >= 15 is 0 Å². The molecule has 0 fully saturated rings. The van der Waals surface area contributed by atoms with Crippen molar-refractivity contribution in [3.63, 3.8) is 0 Å². The molecule has 655 valence electrons. The Kier molecular flexibility index (Phi) is 46.8. The van der Waals surface area contributed by atoms with Gasteiger partial charge in [0.2, 0.25) is 0 Å². The van der Waals surface area contributed by atoms with Crippen molar-refractivity contribution in [2.75, 3.05) is 0 Å². The van der Waals surface area contributed by atoms with Crippen LogP contribution in [0.15, 0.2) is 363 Å².